The molecular weight excluding hydrogens is 256 g/mol. The molecule has 1 heterocycles. The Kier molecular flexibility index (Phi) is 8.45. The maximum Gasteiger partial charge on any atom is 0.236 e. The average molecular weight is 277 g/mol. The number of carbonyl (C=O) groups excluding carboxylic acids is 1. The Bertz CT molecular complexity index is 355. The monoisotopic (exact) mass is 276 g/mol. The highest BCUT2D eigenvalue weighted by Crippen LogP contribution is 2.08. The number of ether oxygens (including phenoxy) is 1. The van der Waals surface area contributed by atoms with Crippen molar-refractivity contribution in [2.75, 3.05) is 33.9 Å². The minimum Gasteiger partial charge on any atom is -0.464 e. The number of nitrogens with zero attached hydrogens (tertiary/aromatic N) is 1. The number of furan rings is 1. The van der Waals surface area contributed by atoms with Gasteiger partial charge in [-0.3, -0.25) is 4.79 Å². The van der Waals surface area contributed by atoms with Gasteiger partial charge in [0.1, 0.15) is 11.5 Å². The van der Waals surface area contributed by atoms with Gasteiger partial charge in [0.2, 0.25) is 5.91 Å². The number of methoxy groups -OCH3 is 1. The van der Waals surface area contributed by atoms with E-state index in [2.05, 4.69) is 5.32 Å². The predicted molar refractivity (Wildman–Crippen MR) is 71.9 cm³/mol. The molecule has 0 unspecified atom stereocenters. The zero-order chi connectivity index (χ0) is 12.7. The van der Waals surface area contributed by atoms with Crippen LogP contribution in [0.4, 0.5) is 0 Å². The third-order valence-electron chi connectivity index (χ3n) is 2.37. The molecule has 6 heteroatoms. The Morgan fingerprint density at radius 1 is 1.50 bits per heavy atom. The number of aryl methyl sites for hydroxylation is 1. The van der Waals surface area contributed by atoms with Gasteiger partial charge in [0.25, 0.3) is 0 Å². The van der Waals surface area contributed by atoms with Crippen LogP contribution in [0.3, 0.4) is 0 Å². The lowest BCUT2D eigenvalue weighted by atomic mass is 10.4. The molecule has 1 N–H and O–H groups in total. The van der Waals surface area contributed by atoms with Crippen LogP contribution in [0.25, 0.3) is 0 Å². The van der Waals surface area contributed by atoms with Crippen molar-refractivity contribution in [1.82, 2.24) is 10.2 Å². The van der Waals surface area contributed by atoms with E-state index in [0.717, 1.165) is 11.5 Å². The van der Waals surface area contributed by atoms with E-state index in [1.54, 1.807) is 19.1 Å². The Morgan fingerprint density at radius 3 is 2.78 bits per heavy atom. The summed E-state index contributed by atoms with van der Waals surface area (Å²) in [7, 11) is 3.40. The quantitative estimate of drug-likeness (QED) is 0.761. The summed E-state index contributed by atoms with van der Waals surface area (Å²) in [5.74, 6) is 1.70. The largest absolute Gasteiger partial charge is 0.464 e. The van der Waals surface area contributed by atoms with E-state index in [1.165, 1.54) is 0 Å². The van der Waals surface area contributed by atoms with Crippen molar-refractivity contribution in [2.45, 2.75) is 13.5 Å². The van der Waals surface area contributed by atoms with Crippen LogP contribution < -0.4 is 5.32 Å². The summed E-state index contributed by atoms with van der Waals surface area (Å²) in [6, 6.07) is 3.78. The molecule has 0 bridgehead atoms. The molecule has 1 rings (SSSR count). The Morgan fingerprint density at radius 2 is 2.22 bits per heavy atom. The molecule has 1 aromatic heterocycles. The summed E-state index contributed by atoms with van der Waals surface area (Å²) in [5, 5.41) is 3.01. The van der Waals surface area contributed by atoms with Crippen LogP contribution in [-0.2, 0) is 16.1 Å². The van der Waals surface area contributed by atoms with Gasteiger partial charge >= 0.3 is 0 Å². The minimum atomic E-state index is 0. The maximum absolute atomic E-state index is 11.7. The zero-order valence-corrected chi connectivity index (χ0v) is 11.9. The van der Waals surface area contributed by atoms with Crippen LogP contribution in [-0.4, -0.2) is 44.7 Å². The van der Waals surface area contributed by atoms with Gasteiger partial charge in [-0.05, 0) is 19.1 Å². The molecule has 0 fully saturated rings. The number of rotatable bonds is 7. The molecule has 0 aliphatic rings. The van der Waals surface area contributed by atoms with Gasteiger partial charge in [-0.1, -0.05) is 0 Å². The van der Waals surface area contributed by atoms with Crippen molar-refractivity contribution in [3.05, 3.63) is 23.7 Å². The lowest BCUT2D eigenvalue weighted by molar-refractivity contribution is -0.129. The molecule has 104 valence electrons. The van der Waals surface area contributed by atoms with E-state index < -0.39 is 0 Å². The Balaban J connectivity index is 0.00000289. The van der Waals surface area contributed by atoms with Gasteiger partial charge in [0.05, 0.1) is 19.7 Å². The fourth-order valence-corrected chi connectivity index (χ4v) is 1.40. The molecule has 0 aliphatic carbocycles. The SMILES string of the molecule is COCCNCC(=O)N(C)Cc1ccc(C)o1.Cl. The summed E-state index contributed by atoms with van der Waals surface area (Å²) in [6.45, 7) is 3.99. The number of nitrogens with one attached hydrogen (secondary N) is 1. The average Bonchev–Trinajstić information content (AvgIpc) is 2.70. The van der Waals surface area contributed by atoms with Crippen LogP contribution in [0.1, 0.15) is 11.5 Å². The lowest BCUT2D eigenvalue weighted by Gasteiger charge is -2.16. The standard InChI is InChI=1S/C12H20N2O3.ClH/c1-10-4-5-11(17-10)9-14(2)12(15)8-13-6-7-16-3;/h4-5,13H,6-9H2,1-3H3;1H. The molecule has 0 aromatic carbocycles. The highest BCUT2D eigenvalue weighted by atomic mass is 35.5. The molecular formula is C12H21ClN2O3. The van der Waals surface area contributed by atoms with Crippen molar-refractivity contribution in [2.24, 2.45) is 0 Å². The Hall–Kier alpha value is -1.04. The number of carbonyl (C=O) groups is 1. The predicted octanol–water partition coefficient (Wildman–Crippen LogP) is 1.20. The molecule has 0 radical (unpaired) electrons. The third-order valence-corrected chi connectivity index (χ3v) is 2.37. The van der Waals surface area contributed by atoms with Crippen LogP contribution >= 0.6 is 12.4 Å². The molecule has 0 spiro atoms. The Labute approximate surface area is 114 Å². The smallest absolute Gasteiger partial charge is 0.236 e. The van der Waals surface area contributed by atoms with Gasteiger partial charge in [-0.2, -0.15) is 0 Å². The van der Waals surface area contributed by atoms with E-state index in [-0.39, 0.29) is 18.3 Å². The lowest BCUT2D eigenvalue weighted by Crippen LogP contribution is -2.36. The van der Waals surface area contributed by atoms with Crippen molar-refractivity contribution in [3.8, 4) is 0 Å². The third kappa shape index (κ3) is 6.05. The van der Waals surface area contributed by atoms with Crippen LogP contribution in [0.2, 0.25) is 0 Å². The second-order valence-corrected chi connectivity index (χ2v) is 3.93. The number of halogens is 1. The molecule has 1 aromatic rings. The second-order valence-electron chi connectivity index (χ2n) is 3.93. The molecule has 0 aliphatic heterocycles. The molecule has 5 nitrogen and oxygen atoms in total. The van der Waals surface area contributed by atoms with Crippen molar-refractivity contribution in [3.63, 3.8) is 0 Å². The summed E-state index contributed by atoms with van der Waals surface area (Å²) in [5.41, 5.74) is 0. The molecule has 0 saturated carbocycles. The van der Waals surface area contributed by atoms with Crippen molar-refractivity contribution >= 4 is 18.3 Å². The van der Waals surface area contributed by atoms with Crippen LogP contribution in [0.5, 0.6) is 0 Å². The van der Waals surface area contributed by atoms with Gasteiger partial charge in [0, 0.05) is 20.7 Å². The number of amides is 1. The topological polar surface area (TPSA) is 54.7 Å². The van der Waals surface area contributed by atoms with Crippen LogP contribution in [0, 0.1) is 6.92 Å². The van der Waals surface area contributed by atoms with Gasteiger partial charge in [-0.25, -0.2) is 0 Å². The maximum atomic E-state index is 11.7. The van der Waals surface area contributed by atoms with E-state index in [9.17, 15) is 4.79 Å². The molecule has 18 heavy (non-hydrogen) atoms. The summed E-state index contributed by atoms with van der Waals surface area (Å²) in [6.07, 6.45) is 0. The highest BCUT2D eigenvalue weighted by Gasteiger charge is 2.10. The first-order chi connectivity index (χ1) is 8.13. The number of hydrogen-bond acceptors (Lipinski definition) is 4. The first-order valence-electron chi connectivity index (χ1n) is 5.62. The van der Waals surface area contributed by atoms with Gasteiger partial charge < -0.3 is 19.4 Å². The van der Waals surface area contributed by atoms with Crippen LogP contribution in [0.15, 0.2) is 16.5 Å². The van der Waals surface area contributed by atoms with Gasteiger partial charge in [0.15, 0.2) is 0 Å². The summed E-state index contributed by atoms with van der Waals surface area (Å²) in [4.78, 5) is 13.3. The van der Waals surface area contributed by atoms with E-state index in [4.69, 9.17) is 9.15 Å². The zero-order valence-electron chi connectivity index (χ0n) is 11.1. The first kappa shape index (κ1) is 17.0. The molecule has 0 atom stereocenters. The second kappa shape index (κ2) is 8.97. The molecule has 1 amide bonds. The van der Waals surface area contributed by atoms with Gasteiger partial charge in [-0.15, -0.1) is 12.4 Å². The highest BCUT2D eigenvalue weighted by molar-refractivity contribution is 5.85. The fraction of sp³-hybridized carbons (Fsp3) is 0.583. The first-order valence-corrected chi connectivity index (χ1v) is 5.62. The number of hydrogen-bond donors (Lipinski definition) is 1. The summed E-state index contributed by atoms with van der Waals surface area (Å²) < 4.78 is 10.3. The van der Waals surface area contributed by atoms with E-state index in [0.29, 0.717) is 26.2 Å². The fourth-order valence-electron chi connectivity index (χ4n) is 1.40. The van der Waals surface area contributed by atoms with Crippen molar-refractivity contribution in [1.29, 1.82) is 0 Å². The van der Waals surface area contributed by atoms with Crippen molar-refractivity contribution < 1.29 is 13.9 Å². The molecule has 0 saturated heterocycles. The minimum absolute atomic E-state index is 0. The normalized spacial score (nSPS) is 9.94. The summed E-state index contributed by atoms with van der Waals surface area (Å²) >= 11 is 0. The van der Waals surface area contributed by atoms with E-state index >= 15 is 0 Å². The van der Waals surface area contributed by atoms with E-state index in [1.807, 2.05) is 19.1 Å². The number of likely N-dealkylation sites (N-methyl/N-ethyl adjacent to an activating group) is 1.